The zero-order valence-electron chi connectivity index (χ0n) is 17.2. The molecular weight excluding hydrogens is 340 g/mol. The predicted octanol–water partition coefficient (Wildman–Crippen LogP) is 6.49. The fourth-order valence-corrected chi connectivity index (χ4v) is 3.23. The van der Waals surface area contributed by atoms with Crippen LogP contribution in [0.25, 0.3) is 0 Å². The fourth-order valence-electron chi connectivity index (χ4n) is 3.23. The molecule has 0 aliphatic heterocycles. The summed E-state index contributed by atoms with van der Waals surface area (Å²) in [5.41, 5.74) is 0.121. The van der Waals surface area contributed by atoms with Gasteiger partial charge >= 0.3 is 11.9 Å². The number of esters is 1. The summed E-state index contributed by atoms with van der Waals surface area (Å²) >= 11 is 0. The highest BCUT2D eigenvalue weighted by Crippen LogP contribution is 2.20. The molecule has 0 saturated carbocycles. The summed E-state index contributed by atoms with van der Waals surface area (Å²) in [7, 11) is 0. The number of unbranched alkanes of at least 4 members (excludes halogenated alkanes) is 8. The lowest BCUT2D eigenvalue weighted by Gasteiger charge is -2.22. The average Bonchev–Trinajstić information content (AvgIpc) is 2.65. The Balaban J connectivity index is 2.40. The molecule has 1 aromatic carbocycles. The van der Waals surface area contributed by atoms with Crippen molar-refractivity contribution < 1.29 is 19.4 Å². The molecule has 4 nitrogen and oxygen atoms in total. The normalized spacial score (nSPS) is 12.1. The average molecular weight is 377 g/mol. The van der Waals surface area contributed by atoms with E-state index in [9.17, 15) is 14.7 Å². The summed E-state index contributed by atoms with van der Waals surface area (Å²) in [6.45, 7) is 6.31. The van der Waals surface area contributed by atoms with Crippen LogP contribution in [-0.4, -0.2) is 23.1 Å². The molecule has 0 fully saturated rings. The molecule has 0 amide bonds. The van der Waals surface area contributed by atoms with Gasteiger partial charge in [0, 0.05) is 0 Å². The third-order valence-electron chi connectivity index (χ3n) is 4.97. The summed E-state index contributed by atoms with van der Waals surface area (Å²) in [6, 6.07) is 6.22. The fraction of sp³-hybridized carbons (Fsp3) is 0.652. The molecule has 0 aliphatic carbocycles. The Hall–Kier alpha value is -1.84. The van der Waals surface area contributed by atoms with E-state index in [0.717, 1.165) is 19.3 Å². The van der Waals surface area contributed by atoms with Crippen LogP contribution in [0.2, 0.25) is 0 Å². The van der Waals surface area contributed by atoms with E-state index in [1.54, 1.807) is 12.1 Å². The highest BCUT2D eigenvalue weighted by molar-refractivity contribution is 6.02. The Bertz CT molecular complexity index is 565. The van der Waals surface area contributed by atoms with Gasteiger partial charge < -0.3 is 9.84 Å². The van der Waals surface area contributed by atoms with E-state index in [4.69, 9.17) is 4.74 Å². The second-order valence-electron chi connectivity index (χ2n) is 7.66. The monoisotopic (exact) mass is 376 g/mol. The maximum atomic E-state index is 12.5. The van der Waals surface area contributed by atoms with E-state index < -0.39 is 11.9 Å². The SMILES string of the molecule is CCCCCCCCCCCC(OC(=O)c1ccccc1C(=O)O)C(C)C. The van der Waals surface area contributed by atoms with Gasteiger partial charge in [0.25, 0.3) is 0 Å². The van der Waals surface area contributed by atoms with Crippen molar-refractivity contribution >= 4 is 11.9 Å². The lowest BCUT2D eigenvalue weighted by Crippen LogP contribution is -2.24. The van der Waals surface area contributed by atoms with Gasteiger partial charge in [-0.1, -0.05) is 84.3 Å². The molecule has 0 aromatic heterocycles. The van der Waals surface area contributed by atoms with Gasteiger partial charge in [-0.2, -0.15) is 0 Å². The highest BCUT2D eigenvalue weighted by atomic mass is 16.5. The molecule has 152 valence electrons. The zero-order valence-corrected chi connectivity index (χ0v) is 17.2. The van der Waals surface area contributed by atoms with Gasteiger partial charge in [-0.3, -0.25) is 0 Å². The molecule has 0 radical (unpaired) electrons. The van der Waals surface area contributed by atoms with Crippen LogP contribution in [0, 0.1) is 5.92 Å². The quantitative estimate of drug-likeness (QED) is 0.298. The minimum Gasteiger partial charge on any atom is -0.478 e. The lowest BCUT2D eigenvalue weighted by atomic mass is 9.99. The van der Waals surface area contributed by atoms with Gasteiger partial charge in [0.1, 0.15) is 6.10 Å². The molecule has 1 aromatic rings. The maximum absolute atomic E-state index is 12.5. The minimum atomic E-state index is -1.11. The third kappa shape index (κ3) is 9.07. The predicted molar refractivity (Wildman–Crippen MR) is 109 cm³/mol. The molecule has 1 N–H and O–H groups in total. The Morgan fingerprint density at radius 2 is 1.41 bits per heavy atom. The highest BCUT2D eigenvalue weighted by Gasteiger charge is 2.22. The molecule has 1 atom stereocenters. The van der Waals surface area contributed by atoms with E-state index >= 15 is 0 Å². The number of rotatable bonds is 14. The molecule has 0 saturated heterocycles. The first-order valence-electron chi connectivity index (χ1n) is 10.5. The van der Waals surface area contributed by atoms with E-state index in [-0.39, 0.29) is 23.1 Å². The van der Waals surface area contributed by atoms with E-state index in [1.165, 1.54) is 57.1 Å². The largest absolute Gasteiger partial charge is 0.478 e. The number of aromatic carboxylic acids is 1. The maximum Gasteiger partial charge on any atom is 0.339 e. The molecule has 4 heteroatoms. The number of ether oxygens (including phenoxy) is 1. The molecule has 0 aliphatic rings. The molecule has 0 heterocycles. The Labute approximate surface area is 164 Å². The first-order valence-corrected chi connectivity index (χ1v) is 10.5. The van der Waals surface area contributed by atoms with Crippen LogP contribution < -0.4 is 0 Å². The number of carboxylic acids is 1. The van der Waals surface area contributed by atoms with Crippen LogP contribution in [-0.2, 0) is 4.74 Å². The number of carboxylic acid groups (broad SMARTS) is 1. The molecular formula is C23H36O4. The van der Waals surface area contributed by atoms with Gasteiger partial charge in [-0.15, -0.1) is 0 Å². The third-order valence-corrected chi connectivity index (χ3v) is 4.97. The Morgan fingerprint density at radius 1 is 0.889 bits per heavy atom. The van der Waals surface area contributed by atoms with Crippen LogP contribution in [0.5, 0.6) is 0 Å². The van der Waals surface area contributed by atoms with Crippen molar-refractivity contribution in [1.29, 1.82) is 0 Å². The Morgan fingerprint density at radius 3 is 1.93 bits per heavy atom. The summed E-state index contributed by atoms with van der Waals surface area (Å²) in [5.74, 6) is -1.44. The second-order valence-corrected chi connectivity index (χ2v) is 7.66. The number of hydrogen-bond donors (Lipinski definition) is 1. The first-order chi connectivity index (χ1) is 13.0. The molecule has 27 heavy (non-hydrogen) atoms. The molecule has 0 spiro atoms. The second kappa shape index (κ2) is 13.3. The zero-order chi connectivity index (χ0) is 20.1. The summed E-state index contributed by atoms with van der Waals surface area (Å²) in [4.78, 5) is 23.8. The lowest BCUT2D eigenvalue weighted by molar-refractivity contribution is 0.0147. The van der Waals surface area contributed by atoms with E-state index in [2.05, 4.69) is 6.92 Å². The topological polar surface area (TPSA) is 63.6 Å². The standard InChI is InChI=1S/C23H36O4/c1-4-5-6-7-8-9-10-11-12-17-21(18(2)3)27-23(26)20-16-14-13-15-19(20)22(24)25/h13-16,18,21H,4-12,17H2,1-3H3,(H,24,25). The van der Waals surface area contributed by atoms with Crippen molar-refractivity contribution in [3.05, 3.63) is 35.4 Å². The van der Waals surface area contributed by atoms with Gasteiger partial charge in [0.2, 0.25) is 0 Å². The van der Waals surface area contributed by atoms with Crippen molar-refractivity contribution in [2.24, 2.45) is 5.92 Å². The van der Waals surface area contributed by atoms with Crippen molar-refractivity contribution in [2.45, 2.75) is 91.1 Å². The first kappa shape index (κ1) is 23.2. The van der Waals surface area contributed by atoms with Gasteiger partial charge in [-0.25, -0.2) is 9.59 Å². The van der Waals surface area contributed by atoms with Crippen LogP contribution in [0.15, 0.2) is 24.3 Å². The van der Waals surface area contributed by atoms with Crippen LogP contribution >= 0.6 is 0 Å². The summed E-state index contributed by atoms with van der Waals surface area (Å²) in [5, 5.41) is 9.24. The van der Waals surface area contributed by atoms with Crippen molar-refractivity contribution in [3.8, 4) is 0 Å². The van der Waals surface area contributed by atoms with Crippen molar-refractivity contribution in [2.75, 3.05) is 0 Å². The molecule has 1 unspecified atom stereocenters. The number of hydrogen-bond acceptors (Lipinski definition) is 3. The smallest absolute Gasteiger partial charge is 0.339 e. The van der Waals surface area contributed by atoms with Crippen molar-refractivity contribution in [1.82, 2.24) is 0 Å². The van der Waals surface area contributed by atoms with Crippen LogP contribution in [0.3, 0.4) is 0 Å². The molecule has 0 bridgehead atoms. The number of benzene rings is 1. The van der Waals surface area contributed by atoms with Gasteiger partial charge in [-0.05, 0) is 30.9 Å². The van der Waals surface area contributed by atoms with E-state index in [1.807, 2.05) is 13.8 Å². The van der Waals surface area contributed by atoms with Gasteiger partial charge in [0.15, 0.2) is 0 Å². The minimum absolute atomic E-state index is 0.00641. The summed E-state index contributed by atoms with van der Waals surface area (Å²) < 4.78 is 5.66. The van der Waals surface area contributed by atoms with Gasteiger partial charge in [0.05, 0.1) is 11.1 Å². The number of carbonyl (C=O) groups excluding carboxylic acids is 1. The van der Waals surface area contributed by atoms with Crippen molar-refractivity contribution in [3.63, 3.8) is 0 Å². The van der Waals surface area contributed by atoms with E-state index in [0.29, 0.717) is 0 Å². The molecule has 1 rings (SSSR count). The Kier molecular flexibility index (Phi) is 11.5. The van der Waals surface area contributed by atoms with Crippen LogP contribution in [0.1, 0.15) is 106 Å². The number of carbonyl (C=O) groups is 2. The summed E-state index contributed by atoms with van der Waals surface area (Å²) in [6.07, 6.45) is 12.0. The van der Waals surface area contributed by atoms with Crippen LogP contribution in [0.4, 0.5) is 0 Å².